The van der Waals surface area contributed by atoms with Crippen molar-refractivity contribution in [2.24, 2.45) is 0 Å². The molecule has 1 aliphatic rings. The van der Waals surface area contributed by atoms with Crippen molar-refractivity contribution in [3.05, 3.63) is 41.6 Å². The van der Waals surface area contributed by atoms with Crippen molar-refractivity contribution in [1.82, 2.24) is 20.4 Å². The maximum atomic E-state index is 12.2. The lowest BCUT2D eigenvalue weighted by Gasteiger charge is -2.33. The van der Waals surface area contributed by atoms with Crippen LogP contribution in [0.2, 0.25) is 0 Å². The molecule has 0 saturated carbocycles. The molecule has 146 valence electrons. The van der Waals surface area contributed by atoms with Crippen molar-refractivity contribution in [3.63, 3.8) is 0 Å². The number of furan rings is 1. The summed E-state index contributed by atoms with van der Waals surface area (Å²) in [6.07, 6.45) is 2.89. The monoisotopic (exact) mass is 374 g/mol. The third-order valence-corrected chi connectivity index (χ3v) is 4.42. The summed E-state index contributed by atoms with van der Waals surface area (Å²) in [5.74, 6) is 0.677. The van der Waals surface area contributed by atoms with Crippen LogP contribution in [-0.4, -0.2) is 45.8 Å². The van der Waals surface area contributed by atoms with Crippen LogP contribution < -0.4 is 5.32 Å². The summed E-state index contributed by atoms with van der Waals surface area (Å²) in [6.45, 7) is 7.15. The lowest BCUT2D eigenvalue weighted by atomic mass is 9.93. The first-order valence-electron chi connectivity index (χ1n) is 9.15. The molecule has 8 nitrogen and oxygen atoms in total. The van der Waals surface area contributed by atoms with Gasteiger partial charge < -0.3 is 19.4 Å². The molecule has 3 heterocycles. The number of carbonyl (C=O) groups is 2. The molecule has 0 bridgehead atoms. The average Bonchev–Trinajstić information content (AvgIpc) is 3.30. The minimum Gasteiger partial charge on any atom is -0.467 e. The summed E-state index contributed by atoms with van der Waals surface area (Å²) >= 11 is 0. The van der Waals surface area contributed by atoms with Gasteiger partial charge in [-0.25, -0.2) is 4.79 Å². The normalized spacial score (nSPS) is 15.6. The van der Waals surface area contributed by atoms with Crippen molar-refractivity contribution in [2.45, 2.75) is 51.7 Å². The number of ether oxygens (including phenoxy) is 1. The minimum atomic E-state index is -0.491. The molecule has 8 heteroatoms. The number of hydrogen-bond acceptors (Lipinski definition) is 5. The molecule has 0 spiro atoms. The van der Waals surface area contributed by atoms with Crippen LogP contribution in [0, 0.1) is 0 Å². The van der Waals surface area contributed by atoms with E-state index in [0.717, 1.165) is 18.5 Å². The molecule has 3 rings (SSSR count). The Morgan fingerprint density at radius 1 is 1.37 bits per heavy atom. The highest BCUT2D eigenvalue weighted by Gasteiger charge is 2.28. The van der Waals surface area contributed by atoms with E-state index in [1.54, 1.807) is 29.4 Å². The van der Waals surface area contributed by atoms with Gasteiger partial charge in [-0.1, -0.05) is 0 Å². The number of likely N-dealkylation sites (tertiary alicyclic amines) is 1. The highest BCUT2D eigenvalue weighted by Crippen LogP contribution is 2.27. The van der Waals surface area contributed by atoms with E-state index in [1.807, 2.05) is 20.8 Å². The highest BCUT2D eigenvalue weighted by molar-refractivity contribution is 5.92. The predicted octanol–water partition coefficient (Wildman–Crippen LogP) is 3.05. The van der Waals surface area contributed by atoms with Crippen LogP contribution in [0.5, 0.6) is 0 Å². The summed E-state index contributed by atoms with van der Waals surface area (Å²) in [4.78, 5) is 26.1. The van der Waals surface area contributed by atoms with E-state index in [9.17, 15) is 9.59 Å². The zero-order valence-electron chi connectivity index (χ0n) is 15.9. The maximum Gasteiger partial charge on any atom is 0.410 e. The number of carbonyl (C=O) groups excluding carboxylic acids is 2. The molecule has 0 unspecified atom stereocenters. The van der Waals surface area contributed by atoms with Crippen molar-refractivity contribution in [3.8, 4) is 0 Å². The SMILES string of the molecule is CC(C)(C)OC(=O)N1CCC(c2cc(C(=O)NCc3ccco3)n[nH]2)CC1. The summed E-state index contributed by atoms with van der Waals surface area (Å²) in [6, 6.07) is 5.36. The number of aromatic amines is 1. The fourth-order valence-corrected chi connectivity index (χ4v) is 3.03. The third-order valence-electron chi connectivity index (χ3n) is 4.42. The molecule has 0 atom stereocenters. The van der Waals surface area contributed by atoms with Gasteiger partial charge in [0.15, 0.2) is 0 Å². The molecule has 2 aromatic rings. The number of nitrogens with one attached hydrogen (secondary N) is 2. The van der Waals surface area contributed by atoms with Crippen LogP contribution in [0.4, 0.5) is 4.79 Å². The van der Waals surface area contributed by atoms with Crippen LogP contribution in [-0.2, 0) is 11.3 Å². The van der Waals surface area contributed by atoms with Crippen molar-refractivity contribution in [2.75, 3.05) is 13.1 Å². The summed E-state index contributed by atoms with van der Waals surface area (Å²) in [5, 5.41) is 9.86. The minimum absolute atomic E-state index is 0.239. The first-order valence-corrected chi connectivity index (χ1v) is 9.15. The topological polar surface area (TPSA) is 100 Å². The van der Waals surface area contributed by atoms with Crippen LogP contribution in [0.3, 0.4) is 0 Å². The Labute approximate surface area is 158 Å². The van der Waals surface area contributed by atoms with E-state index < -0.39 is 5.60 Å². The molecule has 27 heavy (non-hydrogen) atoms. The van der Waals surface area contributed by atoms with Crippen molar-refractivity contribution >= 4 is 12.0 Å². The molecular weight excluding hydrogens is 348 g/mol. The molecule has 1 aliphatic heterocycles. The van der Waals surface area contributed by atoms with E-state index in [-0.39, 0.29) is 17.9 Å². The molecule has 2 N–H and O–H groups in total. The highest BCUT2D eigenvalue weighted by atomic mass is 16.6. The van der Waals surface area contributed by atoms with Gasteiger partial charge in [0.2, 0.25) is 0 Å². The lowest BCUT2D eigenvalue weighted by molar-refractivity contribution is 0.0204. The number of hydrogen-bond donors (Lipinski definition) is 2. The Hall–Kier alpha value is -2.77. The van der Waals surface area contributed by atoms with Gasteiger partial charge in [0.25, 0.3) is 5.91 Å². The van der Waals surface area contributed by atoms with Crippen LogP contribution in [0.1, 0.15) is 61.5 Å². The van der Waals surface area contributed by atoms with Crippen molar-refractivity contribution in [1.29, 1.82) is 0 Å². The van der Waals surface area contributed by atoms with Gasteiger partial charge in [0, 0.05) is 24.7 Å². The second kappa shape index (κ2) is 7.85. The summed E-state index contributed by atoms with van der Waals surface area (Å²) < 4.78 is 10.6. The second-order valence-electron chi connectivity index (χ2n) is 7.71. The van der Waals surface area contributed by atoms with Crippen LogP contribution >= 0.6 is 0 Å². The van der Waals surface area contributed by atoms with E-state index in [0.29, 0.717) is 31.1 Å². The number of H-pyrrole nitrogens is 1. The molecule has 0 aliphatic carbocycles. The van der Waals surface area contributed by atoms with Gasteiger partial charge in [-0.05, 0) is 51.8 Å². The second-order valence-corrected chi connectivity index (χ2v) is 7.71. The third kappa shape index (κ3) is 5.12. The fourth-order valence-electron chi connectivity index (χ4n) is 3.03. The first kappa shape index (κ1) is 19.0. The number of piperidine rings is 1. The largest absolute Gasteiger partial charge is 0.467 e. The molecular formula is C19H26N4O4. The summed E-state index contributed by atoms with van der Waals surface area (Å²) in [7, 11) is 0. The number of rotatable bonds is 4. The van der Waals surface area contributed by atoms with Gasteiger partial charge >= 0.3 is 6.09 Å². The van der Waals surface area contributed by atoms with E-state index in [1.165, 1.54) is 0 Å². The van der Waals surface area contributed by atoms with Gasteiger partial charge in [0.1, 0.15) is 17.1 Å². The lowest BCUT2D eigenvalue weighted by Crippen LogP contribution is -2.41. The van der Waals surface area contributed by atoms with Gasteiger partial charge in [0.05, 0.1) is 12.8 Å². The van der Waals surface area contributed by atoms with Crippen LogP contribution in [0.25, 0.3) is 0 Å². The standard InChI is InChI=1S/C19H26N4O4/c1-19(2,3)27-18(25)23-8-6-13(7-9-23)15-11-16(22-21-15)17(24)20-12-14-5-4-10-26-14/h4-5,10-11,13H,6-9,12H2,1-3H3,(H,20,24)(H,21,22). The molecule has 2 amide bonds. The Morgan fingerprint density at radius 2 is 2.11 bits per heavy atom. The smallest absolute Gasteiger partial charge is 0.410 e. The van der Waals surface area contributed by atoms with E-state index >= 15 is 0 Å². The molecule has 2 aromatic heterocycles. The van der Waals surface area contributed by atoms with Gasteiger partial charge in [-0.2, -0.15) is 5.10 Å². The Bertz CT molecular complexity index is 768. The zero-order valence-corrected chi connectivity index (χ0v) is 15.9. The molecule has 1 saturated heterocycles. The first-order chi connectivity index (χ1) is 12.8. The quantitative estimate of drug-likeness (QED) is 0.857. The number of aromatic nitrogens is 2. The Balaban J connectivity index is 1.50. The molecule has 0 aromatic carbocycles. The van der Waals surface area contributed by atoms with E-state index in [2.05, 4.69) is 15.5 Å². The van der Waals surface area contributed by atoms with E-state index in [4.69, 9.17) is 9.15 Å². The Morgan fingerprint density at radius 3 is 2.74 bits per heavy atom. The molecule has 1 fully saturated rings. The predicted molar refractivity (Wildman–Crippen MR) is 98.2 cm³/mol. The maximum absolute atomic E-state index is 12.2. The average molecular weight is 374 g/mol. The molecule has 0 radical (unpaired) electrons. The fraction of sp³-hybridized carbons (Fsp3) is 0.526. The van der Waals surface area contributed by atoms with Gasteiger partial charge in [-0.3, -0.25) is 9.89 Å². The van der Waals surface area contributed by atoms with Crippen LogP contribution in [0.15, 0.2) is 28.9 Å². The Kier molecular flexibility index (Phi) is 5.53. The zero-order chi connectivity index (χ0) is 19.4. The number of amides is 2. The number of nitrogens with zero attached hydrogens (tertiary/aromatic N) is 2. The van der Waals surface area contributed by atoms with Crippen molar-refractivity contribution < 1.29 is 18.7 Å². The summed E-state index contributed by atoms with van der Waals surface area (Å²) in [5.41, 5.74) is 0.781. The van der Waals surface area contributed by atoms with Gasteiger partial charge in [-0.15, -0.1) is 0 Å².